The first-order valence-electron chi connectivity index (χ1n) is 6.63. The lowest BCUT2D eigenvalue weighted by Gasteiger charge is -2.12. The van der Waals surface area contributed by atoms with Gasteiger partial charge in [0.2, 0.25) is 0 Å². The second-order valence-electron chi connectivity index (χ2n) is 4.48. The summed E-state index contributed by atoms with van der Waals surface area (Å²) in [6.07, 6.45) is 3.32. The fraction of sp³-hybridized carbons (Fsp3) is 0.143. The van der Waals surface area contributed by atoms with Crippen LogP contribution in [0.25, 0.3) is 17.1 Å². The van der Waals surface area contributed by atoms with E-state index in [4.69, 9.17) is 9.84 Å². The zero-order chi connectivity index (χ0) is 16.2. The highest BCUT2D eigenvalue weighted by atomic mass is 32.2. The van der Waals surface area contributed by atoms with E-state index in [0.717, 1.165) is 23.0 Å². The Bertz CT molecular complexity index is 816. The van der Waals surface area contributed by atoms with Gasteiger partial charge in [-0.25, -0.2) is 0 Å². The van der Waals surface area contributed by atoms with E-state index in [0.29, 0.717) is 16.7 Å². The molecule has 1 aromatic carbocycles. The molecule has 0 fully saturated rings. The number of rotatable bonds is 6. The molecule has 2 aromatic heterocycles. The van der Waals surface area contributed by atoms with Gasteiger partial charge in [0, 0.05) is 6.20 Å². The number of hydrogen-bond acceptors (Lipinski definition) is 6. The molecule has 0 amide bonds. The molecule has 3 aromatic rings. The van der Waals surface area contributed by atoms with Crippen molar-refractivity contribution in [3.63, 3.8) is 0 Å². The quantitative estimate of drug-likeness (QED) is 0.664. The van der Waals surface area contributed by atoms with Crippen LogP contribution in [0.1, 0.15) is 0 Å². The molecule has 0 unspecified atom stereocenters. The number of carboxylic acid groups (broad SMARTS) is 1. The van der Waals surface area contributed by atoms with Crippen LogP contribution in [0.5, 0.6) is 5.75 Å². The summed E-state index contributed by atoms with van der Waals surface area (Å²) in [6.45, 7) is 0. The monoisotopic (exact) mass is 331 g/mol. The second-order valence-corrected chi connectivity index (χ2v) is 5.43. The topological polar surface area (TPSA) is 106 Å². The number of nitrogens with one attached hydrogen (secondary N) is 1. The van der Waals surface area contributed by atoms with Crippen molar-refractivity contribution in [2.75, 3.05) is 12.9 Å². The summed E-state index contributed by atoms with van der Waals surface area (Å²) in [6, 6.07) is 7.40. The number of para-hydroxylation sites is 2. The molecule has 0 atom stereocenters. The first-order chi connectivity index (χ1) is 11.2. The van der Waals surface area contributed by atoms with Crippen LogP contribution < -0.4 is 4.74 Å². The number of H-pyrrole nitrogens is 1. The van der Waals surface area contributed by atoms with Gasteiger partial charge in [-0.15, -0.1) is 10.2 Å². The zero-order valence-corrected chi connectivity index (χ0v) is 12.9. The summed E-state index contributed by atoms with van der Waals surface area (Å²) in [7, 11) is 1.57. The van der Waals surface area contributed by atoms with Crippen molar-refractivity contribution in [1.29, 1.82) is 0 Å². The average molecular weight is 331 g/mol. The van der Waals surface area contributed by atoms with Crippen molar-refractivity contribution in [2.24, 2.45) is 0 Å². The lowest BCUT2D eigenvalue weighted by atomic mass is 10.2. The second kappa shape index (κ2) is 6.53. The van der Waals surface area contributed by atoms with Gasteiger partial charge >= 0.3 is 5.97 Å². The van der Waals surface area contributed by atoms with Crippen molar-refractivity contribution in [2.45, 2.75) is 5.16 Å². The van der Waals surface area contributed by atoms with E-state index in [2.05, 4.69) is 20.4 Å². The lowest BCUT2D eigenvalue weighted by molar-refractivity contribution is -0.133. The Morgan fingerprint density at radius 3 is 2.91 bits per heavy atom. The van der Waals surface area contributed by atoms with Gasteiger partial charge in [0.1, 0.15) is 5.75 Å². The van der Waals surface area contributed by atoms with E-state index in [1.165, 1.54) is 0 Å². The Hall–Kier alpha value is -2.81. The molecule has 0 bridgehead atoms. The molecule has 9 heteroatoms. The van der Waals surface area contributed by atoms with Crippen molar-refractivity contribution < 1.29 is 14.6 Å². The maximum Gasteiger partial charge on any atom is 0.313 e. The lowest BCUT2D eigenvalue weighted by Crippen LogP contribution is -2.04. The molecule has 0 spiro atoms. The van der Waals surface area contributed by atoms with Gasteiger partial charge < -0.3 is 9.84 Å². The van der Waals surface area contributed by atoms with Crippen LogP contribution in [0.3, 0.4) is 0 Å². The highest BCUT2D eigenvalue weighted by molar-refractivity contribution is 7.99. The molecular weight excluding hydrogens is 318 g/mol. The number of thioether (sulfide) groups is 1. The van der Waals surface area contributed by atoms with E-state index < -0.39 is 5.97 Å². The minimum Gasteiger partial charge on any atom is -0.495 e. The third-order valence-electron chi connectivity index (χ3n) is 3.04. The van der Waals surface area contributed by atoms with Crippen LogP contribution in [-0.4, -0.2) is 48.9 Å². The number of aromatic nitrogens is 5. The number of aromatic amines is 1. The number of ether oxygens (including phenoxy) is 1. The average Bonchev–Trinajstić information content (AvgIpc) is 3.21. The number of carboxylic acids is 1. The molecule has 2 N–H and O–H groups in total. The number of aliphatic carboxylic acids is 1. The van der Waals surface area contributed by atoms with Crippen LogP contribution in [-0.2, 0) is 4.79 Å². The molecule has 23 heavy (non-hydrogen) atoms. The van der Waals surface area contributed by atoms with Gasteiger partial charge in [-0.2, -0.15) is 5.10 Å². The van der Waals surface area contributed by atoms with E-state index >= 15 is 0 Å². The first-order valence-corrected chi connectivity index (χ1v) is 7.62. The van der Waals surface area contributed by atoms with E-state index in [1.54, 1.807) is 24.1 Å². The van der Waals surface area contributed by atoms with Crippen LogP contribution in [0, 0.1) is 0 Å². The molecule has 0 saturated carbocycles. The van der Waals surface area contributed by atoms with Crippen LogP contribution in [0.2, 0.25) is 0 Å². The smallest absolute Gasteiger partial charge is 0.313 e. The van der Waals surface area contributed by atoms with Crippen molar-refractivity contribution in [3.8, 4) is 22.8 Å². The highest BCUT2D eigenvalue weighted by Crippen LogP contribution is 2.31. The highest BCUT2D eigenvalue weighted by Gasteiger charge is 2.19. The molecule has 0 aliphatic heterocycles. The molecule has 8 nitrogen and oxygen atoms in total. The summed E-state index contributed by atoms with van der Waals surface area (Å²) in [5, 5.41) is 24.3. The number of benzene rings is 1. The Balaban J connectivity index is 2.14. The van der Waals surface area contributed by atoms with Gasteiger partial charge in [-0.05, 0) is 12.1 Å². The van der Waals surface area contributed by atoms with Gasteiger partial charge in [-0.3, -0.25) is 14.5 Å². The standard InChI is InChI=1S/C14H13N5O3S/c1-22-11-5-3-2-4-10(11)19-13(9-6-15-16-7-9)17-18-14(19)23-8-12(20)21/h2-7H,8H2,1H3,(H,15,16)(H,20,21). The van der Waals surface area contributed by atoms with Crippen molar-refractivity contribution >= 4 is 17.7 Å². The number of carbonyl (C=O) groups is 1. The fourth-order valence-corrected chi connectivity index (χ4v) is 2.75. The Morgan fingerprint density at radius 1 is 1.39 bits per heavy atom. The largest absolute Gasteiger partial charge is 0.495 e. The minimum absolute atomic E-state index is 0.112. The molecule has 2 heterocycles. The summed E-state index contributed by atoms with van der Waals surface area (Å²) < 4.78 is 7.16. The maximum atomic E-state index is 10.9. The third kappa shape index (κ3) is 3.04. The number of hydrogen-bond donors (Lipinski definition) is 2. The van der Waals surface area contributed by atoms with Crippen LogP contribution in [0.15, 0.2) is 41.8 Å². The number of methoxy groups -OCH3 is 1. The van der Waals surface area contributed by atoms with Gasteiger partial charge in [0.05, 0.1) is 30.3 Å². The van der Waals surface area contributed by atoms with Gasteiger partial charge in [-0.1, -0.05) is 23.9 Å². The third-order valence-corrected chi connectivity index (χ3v) is 3.95. The molecule has 0 radical (unpaired) electrons. The fourth-order valence-electron chi connectivity index (χ4n) is 2.08. The molecule has 0 aliphatic carbocycles. The molecular formula is C14H13N5O3S. The predicted octanol–water partition coefficient (Wildman–Crippen LogP) is 1.84. The number of nitrogens with zero attached hydrogens (tertiary/aromatic N) is 4. The van der Waals surface area contributed by atoms with Gasteiger partial charge in [0.25, 0.3) is 0 Å². The SMILES string of the molecule is COc1ccccc1-n1c(SCC(=O)O)nnc1-c1cn[nH]c1. The van der Waals surface area contributed by atoms with Crippen LogP contribution in [0.4, 0.5) is 0 Å². The van der Waals surface area contributed by atoms with Crippen molar-refractivity contribution in [1.82, 2.24) is 25.0 Å². The maximum absolute atomic E-state index is 10.9. The normalized spacial score (nSPS) is 10.7. The van der Waals surface area contributed by atoms with Crippen molar-refractivity contribution in [3.05, 3.63) is 36.7 Å². The summed E-state index contributed by atoms with van der Waals surface area (Å²) >= 11 is 1.09. The van der Waals surface area contributed by atoms with E-state index in [-0.39, 0.29) is 5.75 Å². The molecule has 3 rings (SSSR count). The van der Waals surface area contributed by atoms with E-state index in [9.17, 15) is 4.79 Å². The van der Waals surface area contributed by atoms with Crippen LogP contribution >= 0.6 is 11.8 Å². The summed E-state index contributed by atoms with van der Waals surface area (Å²) in [5.74, 6) is 0.151. The minimum atomic E-state index is -0.922. The molecule has 0 aliphatic rings. The van der Waals surface area contributed by atoms with Gasteiger partial charge in [0.15, 0.2) is 11.0 Å². The Kier molecular flexibility index (Phi) is 4.29. The molecule has 118 valence electrons. The predicted molar refractivity (Wildman–Crippen MR) is 83.9 cm³/mol. The Morgan fingerprint density at radius 2 is 2.22 bits per heavy atom. The zero-order valence-electron chi connectivity index (χ0n) is 12.1. The molecule has 0 saturated heterocycles. The summed E-state index contributed by atoms with van der Waals surface area (Å²) in [5.41, 5.74) is 1.47. The van der Waals surface area contributed by atoms with E-state index in [1.807, 2.05) is 24.3 Å². The summed E-state index contributed by atoms with van der Waals surface area (Å²) in [4.78, 5) is 10.9. The Labute approximate surface area is 135 Å². The first kappa shape index (κ1) is 15.1.